The first-order valence-corrected chi connectivity index (χ1v) is 7.30. The van der Waals surface area contributed by atoms with Gasteiger partial charge in [0, 0.05) is 24.5 Å². The number of halogens is 1. The molecule has 0 aliphatic rings. The molecule has 1 aromatic heterocycles. The molecule has 4 nitrogen and oxygen atoms in total. The van der Waals surface area contributed by atoms with Gasteiger partial charge in [0.25, 0.3) is 0 Å². The van der Waals surface area contributed by atoms with E-state index in [4.69, 9.17) is 11.6 Å². The van der Waals surface area contributed by atoms with Crippen LogP contribution in [0.2, 0.25) is 5.02 Å². The quantitative estimate of drug-likeness (QED) is 0.920. The smallest absolute Gasteiger partial charge is 0.195 e. The Morgan fingerprint density at radius 2 is 2.21 bits per heavy atom. The van der Waals surface area contributed by atoms with Gasteiger partial charge in [-0.2, -0.15) is 0 Å². The van der Waals surface area contributed by atoms with Crippen molar-refractivity contribution in [3.05, 3.63) is 35.1 Å². The number of benzene rings is 1. The Hall–Kier alpha value is -1.04. The Bertz CT molecular complexity index is 553. The molecular weight excluding hydrogens is 280 g/mol. The van der Waals surface area contributed by atoms with E-state index >= 15 is 0 Å². The number of rotatable bonds is 5. The molecule has 2 aromatic rings. The summed E-state index contributed by atoms with van der Waals surface area (Å²) in [4.78, 5) is 1.04. The summed E-state index contributed by atoms with van der Waals surface area (Å²) < 4.78 is 1.88. The fraction of sp³-hybridized carbons (Fsp3) is 0.385. The summed E-state index contributed by atoms with van der Waals surface area (Å²) in [5, 5.41) is 13.0. The molecule has 1 heterocycles. The maximum absolute atomic E-state index is 6.31. The zero-order valence-corrected chi connectivity index (χ0v) is 12.8. The number of nitrogens with one attached hydrogen (secondary N) is 1. The van der Waals surface area contributed by atoms with Crippen LogP contribution in [-0.4, -0.2) is 20.8 Å². The zero-order chi connectivity index (χ0) is 13.8. The van der Waals surface area contributed by atoms with Crippen LogP contribution >= 0.6 is 23.4 Å². The topological polar surface area (TPSA) is 42.7 Å². The van der Waals surface area contributed by atoms with Crippen molar-refractivity contribution in [2.75, 3.05) is 0 Å². The minimum Gasteiger partial charge on any atom is -0.311 e. The highest BCUT2D eigenvalue weighted by Crippen LogP contribution is 2.34. The van der Waals surface area contributed by atoms with Crippen LogP contribution in [0.25, 0.3) is 0 Å². The summed E-state index contributed by atoms with van der Waals surface area (Å²) >= 11 is 7.85. The van der Waals surface area contributed by atoms with E-state index in [0.717, 1.165) is 21.6 Å². The van der Waals surface area contributed by atoms with Crippen LogP contribution in [0.1, 0.15) is 19.4 Å². The van der Waals surface area contributed by atoms with Crippen molar-refractivity contribution in [1.29, 1.82) is 0 Å². The number of hydrogen-bond acceptors (Lipinski definition) is 4. The van der Waals surface area contributed by atoms with E-state index in [1.54, 1.807) is 18.1 Å². The van der Waals surface area contributed by atoms with E-state index in [9.17, 15) is 0 Å². The zero-order valence-electron chi connectivity index (χ0n) is 11.2. The summed E-state index contributed by atoms with van der Waals surface area (Å²) in [6, 6.07) is 6.39. The van der Waals surface area contributed by atoms with Gasteiger partial charge in [-0.1, -0.05) is 37.6 Å². The third-order valence-corrected chi connectivity index (χ3v) is 4.28. The van der Waals surface area contributed by atoms with Crippen LogP contribution in [0, 0.1) is 0 Å². The predicted octanol–water partition coefficient (Wildman–Crippen LogP) is 3.12. The van der Waals surface area contributed by atoms with Gasteiger partial charge in [0.2, 0.25) is 0 Å². The second-order valence-electron chi connectivity index (χ2n) is 4.59. The molecule has 0 bridgehead atoms. The van der Waals surface area contributed by atoms with Gasteiger partial charge in [-0.15, -0.1) is 10.2 Å². The molecule has 0 amide bonds. The first-order chi connectivity index (χ1) is 9.08. The van der Waals surface area contributed by atoms with Crippen LogP contribution in [0.3, 0.4) is 0 Å². The normalized spacial score (nSPS) is 11.2. The van der Waals surface area contributed by atoms with Crippen LogP contribution in [0.15, 0.2) is 34.6 Å². The highest BCUT2D eigenvalue weighted by Gasteiger charge is 2.12. The van der Waals surface area contributed by atoms with E-state index in [2.05, 4.69) is 35.4 Å². The molecule has 6 heteroatoms. The number of hydrogen-bond donors (Lipinski definition) is 1. The monoisotopic (exact) mass is 296 g/mol. The summed E-state index contributed by atoms with van der Waals surface area (Å²) in [6.45, 7) is 5.04. The number of aromatic nitrogens is 3. The van der Waals surface area contributed by atoms with Crippen LogP contribution in [0.5, 0.6) is 0 Å². The lowest BCUT2D eigenvalue weighted by Gasteiger charge is -2.13. The fourth-order valence-electron chi connectivity index (χ4n) is 1.58. The number of nitrogens with zero attached hydrogens (tertiary/aromatic N) is 3. The van der Waals surface area contributed by atoms with Gasteiger partial charge in [0.05, 0.1) is 5.02 Å². The van der Waals surface area contributed by atoms with Crippen LogP contribution < -0.4 is 5.32 Å². The second-order valence-corrected chi connectivity index (χ2v) is 5.97. The number of aryl methyl sites for hydroxylation is 1. The molecule has 2 rings (SSSR count). The van der Waals surface area contributed by atoms with Gasteiger partial charge in [0.15, 0.2) is 5.16 Å². The molecule has 0 aliphatic carbocycles. The van der Waals surface area contributed by atoms with Gasteiger partial charge in [0.1, 0.15) is 6.33 Å². The summed E-state index contributed by atoms with van der Waals surface area (Å²) in [5.74, 6) is 0. The SMILES string of the molecule is CC(C)NCc1cccc(Cl)c1Sc1nncn1C. The van der Waals surface area contributed by atoms with E-state index in [1.807, 2.05) is 23.7 Å². The first-order valence-electron chi connectivity index (χ1n) is 6.10. The lowest BCUT2D eigenvalue weighted by Crippen LogP contribution is -2.22. The summed E-state index contributed by atoms with van der Waals surface area (Å²) in [6.07, 6.45) is 1.69. The highest BCUT2D eigenvalue weighted by molar-refractivity contribution is 7.99. The van der Waals surface area contributed by atoms with Crippen LogP contribution in [0.4, 0.5) is 0 Å². The second kappa shape index (κ2) is 6.41. The predicted molar refractivity (Wildman–Crippen MR) is 78.6 cm³/mol. The van der Waals surface area contributed by atoms with Crippen LogP contribution in [-0.2, 0) is 13.6 Å². The third-order valence-electron chi connectivity index (χ3n) is 2.61. The van der Waals surface area contributed by atoms with Crippen molar-refractivity contribution in [2.24, 2.45) is 7.05 Å². The molecular formula is C13H17ClN4S. The standard InChI is InChI=1S/C13H17ClN4S/c1-9(2)15-7-10-5-4-6-11(14)12(10)19-13-17-16-8-18(13)3/h4-6,8-9,15H,7H2,1-3H3. The Morgan fingerprint density at radius 1 is 1.42 bits per heavy atom. The summed E-state index contributed by atoms with van der Waals surface area (Å²) in [7, 11) is 1.92. The lowest BCUT2D eigenvalue weighted by atomic mass is 10.2. The van der Waals surface area contributed by atoms with E-state index in [-0.39, 0.29) is 0 Å². The maximum Gasteiger partial charge on any atom is 0.195 e. The Kier molecular flexibility index (Phi) is 4.85. The highest BCUT2D eigenvalue weighted by atomic mass is 35.5. The van der Waals surface area contributed by atoms with Crippen molar-refractivity contribution in [3.63, 3.8) is 0 Å². The molecule has 0 spiro atoms. The lowest BCUT2D eigenvalue weighted by molar-refractivity contribution is 0.584. The minimum atomic E-state index is 0.437. The van der Waals surface area contributed by atoms with Gasteiger partial charge < -0.3 is 9.88 Å². The van der Waals surface area contributed by atoms with Crippen molar-refractivity contribution in [2.45, 2.75) is 36.5 Å². The third kappa shape index (κ3) is 3.72. The average molecular weight is 297 g/mol. The first kappa shape index (κ1) is 14.4. The van der Waals surface area contributed by atoms with Crippen molar-refractivity contribution < 1.29 is 0 Å². The Labute approximate surface area is 122 Å². The molecule has 0 unspecified atom stereocenters. The fourth-order valence-corrected chi connectivity index (χ4v) is 2.79. The molecule has 0 aliphatic heterocycles. The van der Waals surface area contributed by atoms with Crippen molar-refractivity contribution in [1.82, 2.24) is 20.1 Å². The van der Waals surface area contributed by atoms with Crippen molar-refractivity contribution >= 4 is 23.4 Å². The van der Waals surface area contributed by atoms with E-state index in [1.165, 1.54) is 5.56 Å². The summed E-state index contributed by atoms with van der Waals surface area (Å²) in [5.41, 5.74) is 1.18. The largest absolute Gasteiger partial charge is 0.311 e. The van der Waals surface area contributed by atoms with Gasteiger partial charge in [-0.05, 0) is 23.4 Å². The van der Waals surface area contributed by atoms with E-state index in [0.29, 0.717) is 6.04 Å². The average Bonchev–Trinajstić information content (AvgIpc) is 2.76. The Balaban J connectivity index is 2.25. The van der Waals surface area contributed by atoms with Crippen molar-refractivity contribution in [3.8, 4) is 0 Å². The molecule has 0 fully saturated rings. The molecule has 102 valence electrons. The molecule has 0 saturated heterocycles. The van der Waals surface area contributed by atoms with Gasteiger partial charge in [-0.25, -0.2) is 0 Å². The van der Waals surface area contributed by atoms with Gasteiger partial charge in [-0.3, -0.25) is 0 Å². The molecule has 19 heavy (non-hydrogen) atoms. The van der Waals surface area contributed by atoms with Gasteiger partial charge >= 0.3 is 0 Å². The maximum atomic E-state index is 6.31. The molecule has 1 N–H and O–H groups in total. The molecule has 1 aromatic carbocycles. The molecule has 0 atom stereocenters. The molecule has 0 radical (unpaired) electrons. The minimum absolute atomic E-state index is 0.437. The Morgan fingerprint density at radius 3 is 2.84 bits per heavy atom. The van der Waals surface area contributed by atoms with E-state index < -0.39 is 0 Å². The molecule has 0 saturated carbocycles.